The Hall–Kier alpha value is -2.07. The van der Waals surface area contributed by atoms with Gasteiger partial charge in [0.1, 0.15) is 11.6 Å². The summed E-state index contributed by atoms with van der Waals surface area (Å²) in [4.78, 5) is 0. The van der Waals surface area contributed by atoms with Crippen LogP contribution in [-0.4, -0.2) is 12.9 Å². The molecule has 0 bridgehead atoms. The molecule has 0 amide bonds. The fourth-order valence-corrected chi connectivity index (χ4v) is 2.36. The van der Waals surface area contributed by atoms with E-state index in [4.69, 9.17) is 9.47 Å². The summed E-state index contributed by atoms with van der Waals surface area (Å²) in [6.45, 7) is 1.34. The van der Waals surface area contributed by atoms with Crippen molar-refractivity contribution in [1.29, 1.82) is 0 Å². The predicted molar refractivity (Wildman–Crippen MR) is 82.6 cm³/mol. The molecule has 115 valence electrons. The van der Waals surface area contributed by atoms with E-state index < -0.39 is 0 Å². The topological polar surface area (TPSA) is 32.6 Å². The smallest absolute Gasteiger partial charge is 0.199 e. The monoisotopic (exact) mass is 300 g/mol. The van der Waals surface area contributed by atoms with Crippen molar-refractivity contribution in [1.82, 2.24) is 5.32 Å². The van der Waals surface area contributed by atoms with Crippen molar-refractivity contribution in [3.05, 3.63) is 59.9 Å². The van der Waals surface area contributed by atoms with E-state index in [9.17, 15) is 4.39 Å². The first-order chi connectivity index (χ1) is 10.8. The first kappa shape index (κ1) is 14.9. The minimum Gasteiger partial charge on any atom is -0.465 e. The molecule has 0 spiro atoms. The van der Waals surface area contributed by atoms with Crippen molar-refractivity contribution in [3.8, 4) is 5.75 Å². The van der Waals surface area contributed by atoms with E-state index >= 15 is 0 Å². The van der Waals surface area contributed by atoms with Crippen LogP contribution in [0.15, 0.2) is 48.5 Å². The van der Waals surface area contributed by atoms with Crippen molar-refractivity contribution in [2.75, 3.05) is 6.61 Å². The quantitative estimate of drug-likeness (QED) is 0.830. The van der Waals surface area contributed by atoms with Crippen LogP contribution in [0.1, 0.15) is 24.8 Å². The fraction of sp³-hybridized carbons (Fsp3) is 0.333. The van der Waals surface area contributed by atoms with Gasteiger partial charge in [-0.1, -0.05) is 12.1 Å². The van der Waals surface area contributed by atoms with Crippen LogP contribution in [0.5, 0.6) is 5.75 Å². The second-order valence-corrected chi connectivity index (χ2v) is 5.35. The van der Waals surface area contributed by atoms with Gasteiger partial charge in [-0.05, 0) is 54.8 Å². The molecule has 3 nitrogen and oxygen atoms in total. The lowest BCUT2D eigenvalue weighted by Gasteiger charge is -2.23. The molecule has 22 heavy (non-hydrogen) atoms. The first-order valence-electron chi connectivity index (χ1n) is 7.60. The average molecular weight is 300 g/mol. The van der Waals surface area contributed by atoms with Crippen molar-refractivity contribution in [2.24, 2.45) is 0 Å². The summed E-state index contributed by atoms with van der Waals surface area (Å²) in [5.74, 6) is 0.572. The van der Waals surface area contributed by atoms with Crippen LogP contribution in [0.4, 0.5) is 10.1 Å². The molecule has 1 radical (unpaired) electrons. The summed E-state index contributed by atoms with van der Waals surface area (Å²) in [5.41, 5.74) is 1.86. The normalized spacial score (nSPS) is 18.0. The van der Waals surface area contributed by atoms with Crippen LogP contribution in [0.25, 0.3) is 0 Å². The molecule has 1 aliphatic heterocycles. The zero-order chi connectivity index (χ0) is 15.2. The zero-order valence-electron chi connectivity index (χ0n) is 12.4. The molecule has 0 aliphatic carbocycles. The lowest BCUT2D eigenvalue weighted by Crippen LogP contribution is -2.24. The molecule has 0 saturated carbocycles. The Morgan fingerprint density at radius 2 is 1.82 bits per heavy atom. The molecular weight excluding hydrogens is 281 g/mol. The molecule has 0 N–H and O–H groups in total. The number of hydrogen-bond acceptors (Lipinski definition) is 2. The molecule has 4 heteroatoms. The van der Waals surface area contributed by atoms with E-state index in [-0.39, 0.29) is 12.1 Å². The van der Waals surface area contributed by atoms with E-state index in [0.29, 0.717) is 6.54 Å². The van der Waals surface area contributed by atoms with Crippen molar-refractivity contribution in [3.63, 3.8) is 0 Å². The molecule has 1 heterocycles. The Balaban J connectivity index is 1.51. The third kappa shape index (κ3) is 4.21. The number of rotatable bonds is 5. The third-order valence-electron chi connectivity index (χ3n) is 3.60. The van der Waals surface area contributed by atoms with E-state index in [1.54, 1.807) is 12.1 Å². The SMILES string of the molecule is Fc1ccc([N]Cc2ccc(OC3CCCCO3)cc2)cc1. The predicted octanol–water partition coefficient (Wildman–Crippen LogP) is 4.17. The minimum atomic E-state index is -0.245. The lowest BCUT2D eigenvalue weighted by molar-refractivity contribution is -0.105. The zero-order valence-corrected chi connectivity index (χ0v) is 12.4. The van der Waals surface area contributed by atoms with E-state index in [2.05, 4.69) is 5.32 Å². The summed E-state index contributed by atoms with van der Waals surface area (Å²) in [7, 11) is 0. The Kier molecular flexibility index (Phi) is 4.91. The molecule has 1 unspecified atom stereocenters. The minimum absolute atomic E-state index is 0.122. The second kappa shape index (κ2) is 7.27. The fourth-order valence-electron chi connectivity index (χ4n) is 2.36. The number of halogens is 1. The highest BCUT2D eigenvalue weighted by molar-refractivity contribution is 5.36. The van der Waals surface area contributed by atoms with Crippen LogP contribution in [0.3, 0.4) is 0 Å². The van der Waals surface area contributed by atoms with Gasteiger partial charge >= 0.3 is 0 Å². The highest BCUT2D eigenvalue weighted by Gasteiger charge is 2.14. The summed E-state index contributed by atoms with van der Waals surface area (Å²) in [5, 5.41) is 4.43. The molecule has 1 fully saturated rings. The lowest BCUT2D eigenvalue weighted by atomic mass is 10.2. The maximum absolute atomic E-state index is 12.8. The standard InChI is InChI=1S/C18H19FNO2/c19-15-6-8-16(9-7-15)20-13-14-4-10-17(11-5-14)22-18-3-1-2-12-21-18/h4-11,18H,1-3,12-13H2. The van der Waals surface area contributed by atoms with Crippen molar-refractivity contribution >= 4 is 5.69 Å². The van der Waals surface area contributed by atoms with Crippen LogP contribution in [0.2, 0.25) is 0 Å². The van der Waals surface area contributed by atoms with Gasteiger partial charge < -0.3 is 9.47 Å². The van der Waals surface area contributed by atoms with Crippen LogP contribution < -0.4 is 10.1 Å². The molecule has 3 rings (SSSR count). The Morgan fingerprint density at radius 3 is 2.50 bits per heavy atom. The Morgan fingerprint density at radius 1 is 1.05 bits per heavy atom. The highest BCUT2D eigenvalue weighted by atomic mass is 19.1. The molecule has 1 aliphatic rings. The van der Waals surface area contributed by atoms with Gasteiger partial charge in [0.25, 0.3) is 0 Å². The van der Waals surface area contributed by atoms with Crippen molar-refractivity contribution in [2.45, 2.75) is 32.1 Å². The van der Waals surface area contributed by atoms with Crippen LogP contribution >= 0.6 is 0 Å². The van der Waals surface area contributed by atoms with E-state index in [0.717, 1.165) is 42.9 Å². The number of nitrogens with zero attached hydrogens (tertiary/aromatic N) is 1. The number of hydrogen-bond donors (Lipinski definition) is 0. The second-order valence-electron chi connectivity index (χ2n) is 5.35. The number of ether oxygens (including phenoxy) is 2. The summed E-state index contributed by atoms with van der Waals surface area (Å²) >= 11 is 0. The number of benzene rings is 2. The molecule has 1 atom stereocenters. The van der Waals surface area contributed by atoms with Gasteiger partial charge in [0.2, 0.25) is 0 Å². The largest absolute Gasteiger partial charge is 0.465 e. The Labute approximate surface area is 130 Å². The van der Waals surface area contributed by atoms with Gasteiger partial charge in [-0.15, -0.1) is 0 Å². The molecule has 1 saturated heterocycles. The molecule has 2 aromatic rings. The van der Waals surface area contributed by atoms with E-state index in [1.807, 2.05) is 24.3 Å². The van der Waals surface area contributed by atoms with Gasteiger partial charge in [-0.3, -0.25) is 5.32 Å². The van der Waals surface area contributed by atoms with Gasteiger partial charge in [0.05, 0.1) is 18.8 Å². The average Bonchev–Trinajstić information content (AvgIpc) is 2.57. The van der Waals surface area contributed by atoms with Gasteiger partial charge in [0, 0.05) is 6.42 Å². The summed E-state index contributed by atoms with van der Waals surface area (Å²) in [6, 6.07) is 14.0. The first-order valence-corrected chi connectivity index (χ1v) is 7.60. The summed E-state index contributed by atoms with van der Waals surface area (Å²) in [6.07, 6.45) is 3.09. The maximum atomic E-state index is 12.8. The Bertz CT molecular complexity index is 577. The maximum Gasteiger partial charge on any atom is 0.199 e. The van der Waals surface area contributed by atoms with Crippen molar-refractivity contribution < 1.29 is 13.9 Å². The highest BCUT2D eigenvalue weighted by Crippen LogP contribution is 2.20. The third-order valence-corrected chi connectivity index (χ3v) is 3.60. The molecule has 2 aromatic carbocycles. The molecule has 0 aromatic heterocycles. The van der Waals surface area contributed by atoms with Crippen LogP contribution in [-0.2, 0) is 11.3 Å². The summed E-state index contributed by atoms with van der Waals surface area (Å²) < 4.78 is 24.2. The van der Waals surface area contributed by atoms with Crippen LogP contribution in [0, 0.1) is 5.82 Å². The van der Waals surface area contributed by atoms with Gasteiger partial charge in [0.15, 0.2) is 6.29 Å². The van der Waals surface area contributed by atoms with Gasteiger partial charge in [-0.2, -0.15) is 0 Å². The van der Waals surface area contributed by atoms with Gasteiger partial charge in [-0.25, -0.2) is 4.39 Å². The van der Waals surface area contributed by atoms with E-state index in [1.165, 1.54) is 12.1 Å². The molecular formula is C18H19FNO2.